The molecule has 1 aromatic rings. The van der Waals surface area contributed by atoms with Crippen LogP contribution < -0.4 is 5.32 Å². The van der Waals surface area contributed by atoms with Crippen molar-refractivity contribution in [3.05, 3.63) is 28.8 Å². The second-order valence-electron chi connectivity index (χ2n) is 5.93. The molecule has 126 valence electrons. The Kier molecular flexibility index (Phi) is 5.41. The lowest BCUT2D eigenvalue weighted by atomic mass is 10.1. The number of carbonyl (C=O) groups is 1. The SMILES string of the molecule is CCNc1ccc(Cl)cc1C(=O)N1CCO[C@@H]([C@@H]2CCCO2)C1. The van der Waals surface area contributed by atoms with Gasteiger partial charge < -0.3 is 19.7 Å². The molecule has 0 unspecified atom stereocenters. The maximum Gasteiger partial charge on any atom is 0.256 e. The van der Waals surface area contributed by atoms with Crippen molar-refractivity contribution in [2.45, 2.75) is 32.0 Å². The van der Waals surface area contributed by atoms with E-state index < -0.39 is 0 Å². The molecule has 0 bridgehead atoms. The summed E-state index contributed by atoms with van der Waals surface area (Å²) in [5.74, 6) is -0.00486. The van der Waals surface area contributed by atoms with Gasteiger partial charge in [0, 0.05) is 37.0 Å². The van der Waals surface area contributed by atoms with E-state index in [9.17, 15) is 4.79 Å². The molecule has 2 saturated heterocycles. The quantitative estimate of drug-likeness (QED) is 0.917. The smallest absolute Gasteiger partial charge is 0.256 e. The highest BCUT2D eigenvalue weighted by Crippen LogP contribution is 2.25. The van der Waals surface area contributed by atoms with Gasteiger partial charge in [0.2, 0.25) is 0 Å². The molecule has 0 spiro atoms. The summed E-state index contributed by atoms with van der Waals surface area (Å²) in [5, 5.41) is 3.80. The van der Waals surface area contributed by atoms with Crippen molar-refractivity contribution in [2.24, 2.45) is 0 Å². The van der Waals surface area contributed by atoms with E-state index in [2.05, 4.69) is 5.32 Å². The Balaban J connectivity index is 1.75. The predicted molar refractivity (Wildman–Crippen MR) is 90.2 cm³/mol. The summed E-state index contributed by atoms with van der Waals surface area (Å²) in [5.41, 5.74) is 1.44. The zero-order valence-corrected chi connectivity index (χ0v) is 14.1. The second kappa shape index (κ2) is 7.51. The van der Waals surface area contributed by atoms with E-state index in [1.165, 1.54) is 0 Å². The summed E-state index contributed by atoms with van der Waals surface area (Å²) >= 11 is 6.09. The Morgan fingerprint density at radius 1 is 1.35 bits per heavy atom. The molecule has 1 amide bonds. The van der Waals surface area contributed by atoms with Gasteiger partial charge in [-0.3, -0.25) is 4.79 Å². The Morgan fingerprint density at radius 2 is 2.17 bits per heavy atom. The molecule has 2 atom stereocenters. The number of carbonyl (C=O) groups excluding carboxylic acids is 1. The molecule has 1 N–H and O–H groups in total. The molecule has 1 aromatic carbocycles. The van der Waals surface area contributed by atoms with Crippen molar-refractivity contribution >= 4 is 23.2 Å². The number of ether oxygens (including phenoxy) is 2. The molecule has 6 heteroatoms. The number of hydrogen-bond acceptors (Lipinski definition) is 4. The van der Waals surface area contributed by atoms with Crippen LogP contribution in [-0.2, 0) is 9.47 Å². The predicted octanol–water partition coefficient (Wildman–Crippen LogP) is 2.79. The highest BCUT2D eigenvalue weighted by molar-refractivity contribution is 6.31. The lowest BCUT2D eigenvalue weighted by Crippen LogP contribution is -2.49. The lowest BCUT2D eigenvalue weighted by molar-refractivity contribution is -0.0867. The van der Waals surface area contributed by atoms with Gasteiger partial charge in [-0.15, -0.1) is 0 Å². The topological polar surface area (TPSA) is 50.8 Å². The first-order valence-corrected chi connectivity index (χ1v) is 8.62. The van der Waals surface area contributed by atoms with E-state index in [-0.39, 0.29) is 18.1 Å². The molecular formula is C17H23ClN2O3. The van der Waals surface area contributed by atoms with Crippen LogP contribution in [-0.4, -0.2) is 55.9 Å². The molecule has 5 nitrogen and oxygen atoms in total. The molecule has 2 aliphatic heterocycles. The van der Waals surface area contributed by atoms with Gasteiger partial charge in [-0.2, -0.15) is 0 Å². The zero-order valence-electron chi connectivity index (χ0n) is 13.4. The highest BCUT2D eigenvalue weighted by atomic mass is 35.5. The van der Waals surface area contributed by atoms with Crippen LogP contribution >= 0.6 is 11.6 Å². The summed E-state index contributed by atoms with van der Waals surface area (Å²) in [6.45, 7) is 5.26. The number of hydrogen-bond donors (Lipinski definition) is 1. The van der Waals surface area contributed by atoms with Crippen LogP contribution in [0.25, 0.3) is 0 Å². The molecule has 0 aromatic heterocycles. The summed E-state index contributed by atoms with van der Waals surface area (Å²) in [4.78, 5) is 14.8. The Hall–Kier alpha value is -1.30. The van der Waals surface area contributed by atoms with Gasteiger partial charge in [0.25, 0.3) is 5.91 Å². The molecule has 0 aliphatic carbocycles. The monoisotopic (exact) mass is 338 g/mol. The van der Waals surface area contributed by atoms with Crippen molar-refractivity contribution in [3.8, 4) is 0 Å². The number of halogens is 1. The normalized spacial score (nSPS) is 24.7. The maximum absolute atomic E-state index is 12.9. The summed E-state index contributed by atoms with van der Waals surface area (Å²) in [7, 11) is 0. The first kappa shape index (κ1) is 16.6. The van der Waals surface area contributed by atoms with Gasteiger partial charge in [0.1, 0.15) is 6.10 Å². The summed E-state index contributed by atoms with van der Waals surface area (Å²) < 4.78 is 11.5. The van der Waals surface area contributed by atoms with Gasteiger partial charge in [-0.25, -0.2) is 0 Å². The molecular weight excluding hydrogens is 316 g/mol. The molecule has 3 rings (SSSR count). The van der Waals surface area contributed by atoms with Crippen molar-refractivity contribution in [1.82, 2.24) is 4.90 Å². The Labute approximate surface area is 141 Å². The van der Waals surface area contributed by atoms with Gasteiger partial charge in [0.15, 0.2) is 0 Å². The molecule has 2 aliphatic rings. The number of nitrogens with zero attached hydrogens (tertiary/aromatic N) is 1. The van der Waals surface area contributed by atoms with Crippen LogP contribution in [0.2, 0.25) is 5.02 Å². The average molecular weight is 339 g/mol. The number of anilines is 1. The molecule has 2 heterocycles. The Morgan fingerprint density at radius 3 is 2.91 bits per heavy atom. The van der Waals surface area contributed by atoms with E-state index in [1.54, 1.807) is 12.1 Å². The fourth-order valence-corrected chi connectivity index (χ4v) is 3.36. The first-order valence-electron chi connectivity index (χ1n) is 8.25. The van der Waals surface area contributed by atoms with Crippen molar-refractivity contribution in [3.63, 3.8) is 0 Å². The molecule has 0 saturated carbocycles. The van der Waals surface area contributed by atoms with Gasteiger partial charge in [-0.05, 0) is 38.0 Å². The summed E-state index contributed by atoms with van der Waals surface area (Å²) in [6.07, 6.45) is 2.15. The minimum absolute atomic E-state index is 0.00486. The van der Waals surface area contributed by atoms with Crippen molar-refractivity contribution in [1.29, 1.82) is 0 Å². The molecule has 0 radical (unpaired) electrons. The zero-order chi connectivity index (χ0) is 16.2. The largest absolute Gasteiger partial charge is 0.385 e. The fraction of sp³-hybridized carbons (Fsp3) is 0.588. The molecule has 2 fully saturated rings. The van der Waals surface area contributed by atoms with Crippen molar-refractivity contribution in [2.75, 3.05) is 38.2 Å². The van der Waals surface area contributed by atoms with Crippen molar-refractivity contribution < 1.29 is 14.3 Å². The maximum atomic E-state index is 12.9. The fourth-order valence-electron chi connectivity index (χ4n) is 3.19. The van der Waals surface area contributed by atoms with E-state index >= 15 is 0 Å². The average Bonchev–Trinajstić information content (AvgIpc) is 3.11. The number of amides is 1. The second-order valence-corrected chi connectivity index (χ2v) is 6.37. The minimum Gasteiger partial charge on any atom is -0.385 e. The third-order valence-electron chi connectivity index (χ3n) is 4.34. The minimum atomic E-state index is -0.0306. The van der Waals surface area contributed by atoms with E-state index in [0.717, 1.165) is 31.7 Å². The third-order valence-corrected chi connectivity index (χ3v) is 4.57. The van der Waals surface area contributed by atoms with E-state index in [1.807, 2.05) is 17.9 Å². The van der Waals surface area contributed by atoms with Crippen LogP contribution in [0.15, 0.2) is 18.2 Å². The van der Waals surface area contributed by atoms with Gasteiger partial charge >= 0.3 is 0 Å². The lowest BCUT2D eigenvalue weighted by Gasteiger charge is -2.35. The molecule has 23 heavy (non-hydrogen) atoms. The van der Waals surface area contributed by atoms with E-state index in [4.69, 9.17) is 21.1 Å². The third kappa shape index (κ3) is 3.79. The van der Waals surface area contributed by atoms with Gasteiger partial charge in [-0.1, -0.05) is 11.6 Å². The number of rotatable bonds is 4. The van der Waals surface area contributed by atoms with Crippen LogP contribution in [0.4, 0.5) is 5.69 Å². The van der Waals surface area contributed by atoms with E-state index in [0.29, 0.717) is 30.3 Å². The van der Waals surface area contributed by atoms with Crippen LogP contribution in [0.5, 0.6) is 0 Å². The van der Waals surface area contributed by atoms with Crippen LogP contribution in [0, 0.1) is 0 Å². The van der Waals surface area contributed by atoms with Gasteiger partial charge in [0.05, 0.1) is 18.3 Å². The van der Waals surface area contributed by atoms with Crippen LogP contribution in [0.3, 0.4) is 0 Å². The number of nitrogens with one attached hydrogen (secondary N) is 1. The Bertz CT molecular complexity index is 561. The first-order chi connectivity index (χ1) is 11.2. The standard InChI is InChI=1S/C17H23ClN2O3/c1-2-19-14-6-5-12(18)10-13(14)17(21)20-7-9-23-16(11-20)15-4-3-8-22-15/h5-6,10,15-16,19H,2-4,7-9,11H2,1H3/t15-,16+/m0/s1. The van der Waals surface area contributed by atoms with Crippen LogP contribution in [0.1, 0.15) is 30.1 Å². The highest BCUT2D eigenvalue weighted by Gasteiger charge is 2.33. The number of morpholine rings is 1. The summed E-state index contributed by atoms with van der Waals surface area (Å²) in [6, 6.07) is 5.39. The number of benzene rings is 1.